The van der Waals surface area contributed by atoms with E-state index >= 15 is 8.78 Å². The zero-order chi connectivity index (χ0) is 34.2. The summed E-state index contributed by atoms with van der Waals surface area (Å²) in [5.74, 6) is 1.52. The molecule has 2 N–H and O–H groups in total. The number of hydrogen-bond acceptors (Lipinski definition) is 10. The number of rotatable bonds is 8. The van der Waals surface area contributed by atoms with Crippen molar-refractivity contribution >= 4 is 33.6 Å². The number of pyridine rings is 1. The average Bonchev–Trinajstić information content (AvgIpc) is 3.83. The fourth-order valence-electron chi connectivity index (χ4n) is 7.65. The number of piperazine rings is 1. The molecule has 2 aromatic carbocycles. The van der Waals surface area contributed by atoms with Gasteiger partial charge in [0.15, 0.2) is 12.6 Å². The Morgan fingerprint density at radius 3 is 2.69 bits per heavy atom. The molecule has 3 aliphatic heterocycles. The molecule has 1 saturated carbocycles. The van der Waals surface area contributed by atoms with Crippen LogP contribution in [0.1, 0.15) is 38.2 Å². The average molecular weight is 674 g/mol. The number of anilines is 1. The molecule has 4 aromatic rings. The van der Waals surface area contributed by atoms with Crippen LogP contribution in [0.15, 0.2) is 24.3 Å². The van der Waals surface area contributed by atoms with E-state index < -0.39 is 41.3 Å². The maximum absolute atomic E-state index is 17.2. The lowest BCUT2D eigenvalue weighted by atomic mass is 9.95. The van der Waals surface area contributed by atoms with E-state index in [2.05, 4.69) is 10.9 Å². The van der Waals surface area contributed by atoms with Gasteiger partial charge in [-0.05, 0) is 56.2 Å². The van der Waals surface area contributed by atoms with Gasteiger partial charge < -0.3 is 34.1 Å². The van der Waals surface area contributed by atoms with E-state index in [0.29, 0.717) is 36.3 Å². The second-order valence-corrected chi connectivity index (χ2v) is 13.2. The van der Waals surface area contributed by atoms with Crippen LogP contribution in [-0.4, -0.2) is 94.0 Å². The predicted molar refractivity (Wildman–Crippen MR) is 173 cm³/mol. The van der Waals surface area contributed by atoms with Gasteiger partial charge in [-0.1, -0.05) is 12.0 Å². The Balaban J connectivity index is 1.37. The highest BCUT2D eigenvalue weighted by atomic mass is 19.1. The molecule has 3 fully saturated rings. The molecule has 8 rings (SSSR count). The summed E-state index contributed by atoms with van der Waals surface area (Å²) in [7, 11) is 1.46. The highest BCUT2D eigenvalue weighted by Gasteiger charge is 2.53. The normalized spacial score (nSPS) is 23.1. The van der Waals surface area contributed by atoms with Crippen LogP contribution in [-0.2, 0) is 4.74 Å². The molecule has 49 heavy (non-hydrogen) atoms. The van der Waals surface area contributed by atoms with Gasteiger partial charge in [-0.15, -0.1) is 6.42 Å². The van der Waals surface area contributed by atoms with Crippen molar-refractivity contribution in [2.75, 3.05) is 38.6 Å². The zero-order valence-electron chi connectivity index (χ0n) is 26.8. The van der Waals surface area contributed by atoms with Gasteiger partial charge in [0.1, 0.15) is 40.1 Å². The maximum atomic E-state index is 17.2. The Bertz CT molecular complexity index is 2070. The molecule has 1 amide bonds. The lowest BCUT2D eigenvalue weighted by Gasteiger charge is -2.47. The summed E-state index contributed by atoms with van der Waals surface area (Å²) < 4.78 is 55.7. The van der Waals surface area contributed by atoms with E-state index in [4.69, 9.17) is 35.3 Å². The van der Waals surface area contributed by atoms with Gasteiger partial charge in [-0.2, -0.15) is 9.97 Å². The van der Waals surface area contributed by atoms with Gasteiger partial charge >= 0.3 is 12.1 Å². The minimum Gasteiger partial charge on any atom is -0.472 e. The quantitative estimate of drug-likeness (QED) is 0.198. The molecule has 0 radical (unpaired) electrons. The molecule has 4 atom stereocenters. The molecular weight excluding hydrogens is 640 g/mol. The molecule has 14 heteroatoms. The third kappa shape index (κ3) is 4.94. The number of methoxy groups -OCH3 is 1. The lowest BCUT2D eigenvalue weighted by molar-refractivity contribution is 0.0512. The van der Waals surface area contributed by atoms with Crippen LogP contribution in [0.3, 0.4) is 0 Å². The zero-order valence-corrected chi connectivity index (χ0v) is 26.8. The second kappa shape index (κ2) is 11.6. The van der Waals surface area contributed by atoms with Gasteiger partial charge in [0.2, 0.25) is 5.88 Å². The number of amides is 1. The van der Waals surface area contributed by atoms with E-state index in [1.54, 1.807) is 6.07 Å². The van der Waals surface area contributed by atoms with Crippen molar-refractivity contribution in [2.45, 2.75) is 56.8 Å². The maximum Gasteiger partial charge on any atom is 0.407 e. The first-order valence-electron chi connectivity index (χ1n) is 16.1. The first-order chi connectivity index (χ1) is 23.7. The SMILES string of the molecule is C#Cc1c(F)ccc2cc(OCOC)cc(-c3nc4c5c(nc(OCC6(CO)CC6)nc5c3F)N3CC5CCC(C3C(C)O4)N5C(=O)O)c12. The molecule has 1 aliphatic carbocycles. The summed E-state index contributed by atoms with van der Waals surface area (Å²) in [5.41, 5.74) is -0.725. The first-order valence-corrected chi connectivity index (χ1v) is 16.1. The van der Waals surface area contributed by atoms with Crippen molar-refractivity contribution in [1.82, 2.24) is 19.9 Å². The molecule has 5 heterocycles. The molecule has 0 spiro atoms. The van der Waals surface area contributed by atoms with Gasteiger partial charge in [-0.25, -0.2) is 18.6 Å². The third-order valence-electron chi connectivity index (χ3n) is 10.3. The van der Waals surface area contributed by atoms with Crippen LogP contribution >= 0.6 is 0 Å². The number of aromatic nitrogens is 3. The number of aliphatic hydroxyl groups excluding tert-OH is 1. The Morgan fingerprint density at radius 2 is 1.98 bits per heavy atom. The van der Waals surface area contributed by atoms with E-state index in [9.17, 15) is 15.0 Å². The number of aliphatic hydroxyl groups is 1. The Morgan fingerprint density at radius 1 is 1.16 bits per heavy atom. The summed E-state index contributed by atoms with van der Waals surface area (Å²) in [6, 6.07) is 4.60. The van der Waals surface area contributed by atoms with Crippen molar-refractivity contribution in [3.8, 4) is 41.2 Å². The summed E-state index contributed by atoms with van der Waals surface area (Å²) in [6.45, 7) is 2.07. The monoisotopic (exact) mass is 673 g/mol. The standard InChI is InChI=1S/C35H33F2N5O7/c1-4-21-23(36)7-5-18-11-20(48-16-46-3)12-22(25(18)21)28-27(37)29-26-31(40-33(39-29)47-15-35(14-43)9-10-35)41-13-19-6-8-24(42(19)34(44)45)30(41)17(2)49-32(26)38-28/h1,5,7,11-12,17,19,24,30,43H,6,8-10,13-16H2,2-3H3,(H,44,45). The number of terminal acetylenes is 1. The first kappa shape index (κ1) is 31.3. The predicted octanol–water partition coefficient (Wildman–Crippen LogP) is 4.72. The number of hydrogen-bond donors (Lipinski definition) is 2. The number of fused-ring (bicyclic) bond motifs is 6. The minimum absolute atomic E-state index is 0.0247. The number of benzene rings is 2. The number of halogens is 2. The van der Waals surface area contributed by atoms with E-state index in [1.165, 1.54) is 30.2 Å². The smallest absolute Gasteiger partial charge is 0.407 e. The van der Waals surface area contributed by atoms with Gasteiger partial charge in [0.05, 0.1) is 36.9 Å². The van der Waals surface area contributed by atoms with Crippen LogP contribution in [0.5, 0.6) is 17.6 Å². The molecule has 12 nitrogen and oxygen atoms in total. The van der Waals surface area contributed by atoms with Crippen LogP contribution in [0.2, 0.25) is 0 Å². The molecule has 2 bridgehead atoms. The van der Waals surface area contributed by atoms with Crippen LogP contribution < -0.4 is 19.1 Å². The highest BCUT2D eigenvalue weighted by Crippen LogP contribution is 2.48. The fraction of sp³-hybridized carbons (Fsp3) is 0.429. The summed E-state index contributed by atoms with van der Waals surface area (Å²) in [5, 5.41) is 21.0. The van der Waals surface area contributed by atoms with Gasteiger partial charge in [-0.3, -0.25) is 4.90 Å². The van der Waals surface area contributed by atoms with Crippen LogP contribution in [0.25, 0.3) is 32.9 Å². The number of carboxylic acid groups (broad SMARTS) is 1. The van der Waals surface area contributed by atoms with Gasteiger partial charge in [0.25, 0.3) is 0 Å². The van der Waals surface area contributed by atoms with E-state index in [-0.39, 0.29) is 71.0 Å². The molecule has 4 unspecified atom stereocenters. The Kier molecular flexibility index (Phi) is 7.38. The molecule has 254 valence electrons. The van der Waals surface area contributed by atoms with Crippen molar-refractivity contribution in [3.05, 3.63) is 41.5 Å². The molecule has 2 aromatic heterocycles. The van der Waals surface area contributed by atoms with Crippen molar-refractivity contribution < 1.29 is 42.7 Å². The molecular formula is C35H33F2N5O7. The topological polar surface area (TPSA) is 140 Å². The number of ether oxygens (including phenoxy) is 4. The van der Waals surface area contributed by atoms with Crippen LogP contribution in [0, 0.1) is 29.4 Å². The van der Waals surface area contributed by atoms with Crippen molar-refractivity contribution in [3.63, 3.8) is 0 Å². The Hall–Kier alpha value is -5.00. The summed E-state index contributed by atoms with van der Waals surface area (Å²) in [4.78, 5) is 29.8. The number of nitrogens with zero attached hydrogens (tertiary/aromatic N) is 5. The summed E-state index contributed by atoms with van der Waals surface area (Å²) in [6.07, 6.45) is 6.97. The highest BCUT2D eigenvalue weighted by molar-refractivity contribution is 6.04. The summed E-state index contributed by atoms with van der Waals surface area (Å²) >= 11 is 0. The van der Waals surface area contributed by atoms with E-state index in [1.807, 2.05) is 11.8 Å². The van der Waals surface area contributed by atoms with E-state index in [0.717, 1.165) is 12.8 Å². The molecule has 2 saturated heterocycles. The largest absolute Gasteiger partial charge is 0.472 e. The van der Waals surface area contributed by atoms with Gasteiger partial charge in [0, 0.05) is 30.0 Å². The third-order valence-corrected chi connectivity index (χ3v) is 10.3. The van der Waals surface area contributed by atoms with Crippen molar-refractivity contribution in [1.29, 1.82) is 0 Å². The Labute approximate surface area is 279 Å². The second-order valence-electron chi connectivity index (χ2n) is 13.2. The van der Waals surface area contributed by atoms with Crippen molar-refractivity contribution in [2.24, 2.45) is 5.41 Å². The van der Waals surface area contributed by atoms with Crippen LogP contribution in [0.4, 0.5) is 19.4 Å². The fourth-order valence-corrected chi connectivity index (χ4v) is 7.65. The lowest BCUT2D eigenvalue weighted by Crippen LogP contribution is -2.64. The molecule has 4 aliphatic rings. The number of carbonyl (C=O) groups is 1. The minimum atomic E-state index is -1.01.